The molecule has 1 heterocycles. The van der Waals surface area contributed by atoms with Crippen molar-refractivity contribution in [2.45, 2.75) is 19.4 Å². The van der Waals surface area contributed by atoms with Gasteiger partial charge in [0.2, 0.25) is 0 Å². The molecule has 0 spiro atoms. The lowest BCUT2D eigenvalue weighted by Gasteiger charge is -2.38. The molecule has 5 nitrogen and oxygen atoms in total. The number of carbonyl (C=O) groups is 1. The summed E-state index contributed by atoms with van der Waals surface area (Å²) in [6.45, 7) is 5.40. The SMILES string of the molecule is CCC(CO)N1CCN(C(=O)c2ccc(N(C)C)cc2)CC1. The summed E-state index contributed by atoms with van der Waals surface area (Å²) in [5.41, 5.74) is 1.84. The van der Waals surface area contributed by atoms with Crippen LogP contribution in [0.1, 0.15) is 23.7 Å². The summed E-state index contributed by atoms with van der Waals surface area (Å²) < 4.78 is 0. The van der Waals surface area contributed by atoms with Crippen LogP contribution in [-0.2, 0) is 0 Å². The van der Waals surface area contributed by atoms with Gasteiger partial charge in [0.05, 0.1) is 6.61 Å². The van der Waals surface area contributed by atoms with Crippen LogP contribution in [0.15, 0.2) is 24.3 Å². The highest BCUT2D eigenvalue weighted by Crippen LogP contribution is 2.16. The van der Waals surface area contributed by atoms with Gasteiger partial charge in [-0.1, -0.05) is 6.92 Å². The lowest BCUT2D eigenvalue weighted by molar-refractivity contribution is 0.0472. The van der Waals surface area contributed by atoms with Crippen molar-refractivity contribution in [2.75, 3.05) is 51.8 Å². The van der Waals surface area contributed by atoms with Crippen LogP contribution < -0.4 is 4.90 Å². The Morgan fingerprint density at radius 3 is 2.23 bits per heavy atom. The molecule has 1 aromatic rings. The zero-order valence-electron chi connectivity index (χ0n) is 13.8. The normalized spacial score (nSPS) is 17.4. The Kier molecular flexibility index (Phi) is 5.80. The first-order valence-corrected chi connectivity index (χ1v) is 7.98. The fourth-order valence-corrected chi connectivity index (χ4v) is 2.88. The van der Waals surface area contributed by atoms with Crippen LogP contribution in [0.5, 0.6) is 0 Å². The van der Waals surface area contributed by atoms with Crippen molar-refractivity contribution in [1.82, 2.24) is 9.80 Å². The van der Waals surface area contributed by atoms with Crippen LogP contribution in [0.25, 0.3) is 0 Å². The van der Waals surface area contributed by atoms with Gasteiger partial charge in [-0.3, -0.25) is 9.69 Å². The van der Waals surface area contributed by atoms with Gasteiger partial charge < -0.3 is 14.9 Å². The van der Waals surface area contributed by atoms with E-state index < -0.39 is 0 Å². The second kappa shape index (κ2) is 7.61. The molecule has 0 aliphatic carbocycles. The van der Waals surface area contributed by atoms with E-state index in [1.807, 2.05) is 48.2 Å². The first-order valence-electron chi connectivity index (χ1n) is 7.98. The minimum atomic E-state index is 0.0991. The minimum absolute atomic E-state index is 0.0991. The van der Waals surface area contributed by atoms with Crippen molar-refractivity contribution in [3.8, 4) is 0 Å². The van der Waals surface area contributed by atoms with E-state index in [2.05, 4.69) is 11.8 Å². The average molecular weight is 305 g/mol. The van der Waals surface area contributed by atoms with Crippen molar-refractivity contribution in [3.05, 3.63) is 29.8 Å². The predicted molar refractivity (Wildman–Crippen MR) is 89.4 cm³/mol. The maximum Gasteiger partial charge on any atom is 0.253 e. The standard InChI is InChI=1S/C17H27N3O2/c1-4-15(13-21)19-9-11-20(12-10-19)17(22)14-5-7-16(8-6-14)18(2)3/h5-8,15,21H,4,9-13H2,1-3H3. The molecule has 0 radical (unpaired) electrons. The lowest BCUT2D eigenvalue weighted by atomic mass is 10.1. The molecule has 122 valence electrons. The van der Waals surface area contributed by atoms with Gasteiger partial charge in [0.25, 0.3) is 5.91 Å². The molecule has 2 rings (SSSR count). The van der Waals surface area contributed by atoms with E-state index in [4.69, 9.17) is 0 Å². The first kappa shape index (κ1) is 16.8. The van der Waals surface area contributed by atoms with Crippen molar-refractivity contribution < 1.29 is 9.90 Å². The third kappa shape index (κ3) is 3.78. The largest absolute Gasteiger partial charge is 0.395 e. The Hall–Kier alpha value is -1.59. The third-order valence-electron chi connectivity index (χ3n) is 4.43. The van der Waals surface area contributed by atoms with Crippen molar-refractivity contribution in [1.29, 1.82) is 0 Å². The Morgan fingerprint density at radius 1 is 1.18 bits per heavy atom. The summed E-state index contributed by atoms with van der Waals surface area (Å²) in [6, 6.07) is 7.96. The minimum Gasteiger partial charge on any atom is -0.395 e. The molecule has 1 N–H and O–H groups in total. The number of aliphatic hydroxyl groups is 1. The molecule has 0 aromatic heterocycles. The molecular formula is C17H27N3O2. The molecule has 1 atom stereocenters. The number of amides is 1. The number of hydrogen-bond donors (Lipinski definition) is 1. The Labute approximate surface area is 133 Å². The Balaban J connectivity index is 1.94. The molecule has 1 amide bonds. The second-order valence-corrected chi connectivity index (χ2v) is 6.01. The van der Waals surface area contributed by atoms with Gasteiger partial charge in [0, 0.05) is 57.6 Å². The van der Waals surface area contributed by atoms with Crippen molar-refractivity contribution >= 4 is 11.6 Å². The highest BCUT2D eigenvalue weighted by molar-refractivity contribution is 5.94. The smallest absolute Gasteiger partial charge is 0.253 e. The topological polar surface area (TPSA) is 47.0 Å². The summed E-state index contributed by atoms with van der Waals surface area (Å²) in [4.78, 5) is 18.7. The molecule has 0 saturated carbocycles. The van der Waals surface area contributed by atoms with Gasteiger partial charge in [0.15, 0.2) is 0 Å². The summed E-state index contributed by atoms with van der Waals surface area (Å²) >= 11 is 0. The van der Waals surface area contributed by atoms with Crippen LogP contribution in [-0.4, -0.2) is 73.7 Å². The summed E-state index contributed by atoms with van der Waals surface area (Å²) in [6.07, 6.45) is 0.941. The monoisotopic (exact) mass is 305 g/mol. The molecule has 22 heavy (non-hydrogen) atoms. The highest BCUT2D eigenvalue weighted by Gasteiger charge is 2.25. The second-order valence-electron chi connectivity index (χ2n) is 6.01. The number of nitrogens with zero attached hydrogens (tertiary/aromatic N) is 3. The number of carbonyl (C=O) groups excluding carboxylic acids is 1. The fraction of sp³-hybridized carbons (Fsp3) is 0.588. The molecular weight excluding hydrogens is 278 g/mol. The maximum atomic E-state index is 12.5. The Morgan fingerprint density at radius 2 is 1.77 bits per heavy atom. The average Bonchev–Trinajstić information content (AvgIpc) is 2.56. The predicted octanol–water partition coefficient (Wildman–Crippen LogP) is 1.28. The van der Waals surface area contributed by atoms with E-state index in [0.717, 1.165) is 43.9 Å². The van der Waals surface area contributed by atoms with Gasteiger partial charge in [-0.15, -0.1) is 0 Å². The van der Waals surface area contributed by atoms with Gasteiger partial charge in [0.1, 0.15) is 0 Å². The highest BCUT2D eigenvalue weighted by atomic mass is 16.3. The molecule has 1 unspecified atom stereocenters. The number of anilines is 1. The third-order valence-corrected chi connectivity index (χ3v) is 4.43. The number of piperazine rings is 1. The summed E-state index contributed by atoms with van der Waals surface area (Å²) in [5, 5.41) is 9.38. The number of hydrogen-bond acceptors (Lipinski definition) is 4. The van der Waals surface area contributed by atoms with E-state index in [0.29, 0.717) is 0 Å². The van der Waals surface area contributed by atoms with E-state index in [-0.39, 0.29) is 18.6 Å². The molecule has 0 bridgehead atoms. The van der Waals surface area contributed by atoms with Gasteiger partial charge in [-0.05, 0) is 30.7 Å². The van der Waals surface area contributed by atoms with Crippen LogP contribution in [0.2, 0.25) is 0 Å². The van der Waals surface area contributed by atoms with E-state index in [1.54, 1.807) is 0 Å². The van der Waals surface area contributed by atoms with Gasteiger partial charge in [-0.25, -0.2) is 0 Å². The van der Waals surface area contributed by atoms with E-state index in [9.17, 15) is 9.90 Å². The van der Waals surface area contributed by atoms with Crippen LogP contribution in [0, 0.1) is 0 Å². The summed E-state index contributed by atoms with van der Waals surface area (Å²) in [7, 11) is 3.97. The molecule has 1 aromatic carbocycles. The van der Waals surface area contributed by atoms with Crippen LogP contribution in [0.4, 0.5) is 5.69 Å². The van der Waals surface area contributed by atoms with E-state index >= 15 is 0 Å². The number of benzene rings is 1. The zero-order valence-corrected chi connectivity index (χ0v) is 13.8. The molecule has 1 saturated heterocycles. The van der Waals surface area contributed by atoms with Crippen LogP contribution >= 0.6 is 0 Å². The number of rotatable bonds is 5. The first-order chi connectivity index (χ1) is 10.6. The van der Waals surface area contributed by atoms with Gasteiger partial charge in [-0.2, -0.15) is 0 Å². The molecule has 1 aliphatic rings. The quantitative estimate of drug-likeness (QED) is 0.890. The van der Waals surface area contributed by atoms with Crippen molar-refractivity contribution in [3.63, 3.8) is 0 Å². The van der Waals surface area contributed by atoms with Gasteiger partial charge >= 0.3 is 0 Å². The lowest BCUT2D eigenvalue weighted by Crippen LogP contribution is -2.52. The Bertz CT molecular complexity index is 475. The maximum absolute atomic E-state index is 12.5. The number of aliphatic hydroxyl groups excluding tert-OH is 1. The fourth-order valence-electron chi connectivity index (χ4n) is 2.88. The molecule has 5 heteroatoms. The zero-order chi connectivity index (χ0) is 16.1. The molecule has 1 fully saturated rings. The van der Waals surface area contributed by atoms with Crippen molar-refractivity contribution in [2.24, 2.45) is 0 Å². The molecule has 1 aliphatic heterocycles. The van der Waals surface area contributed by atoms with Crippen LogP contribution in [0.3, 0.4) is 0 Å². The summed E-state index contributed by atoms with van der Waals surface area (Å²) in [5.74, 6) is 0.0991. The van der Waals surface area contributed by atoms with E-state index in [1.165, 1.54) is 0 Å².